The van der Waals surface area contributed by atoms with Crippen LogP contribution in [0, 0.1) is 0 Å². The summed E-state index contributed by atoms with van der Waals surface area (Å²) >= 11 is 7.14. The summed E-state index contributed by atoms with van der Waals surface area (Å²) in [7, 11) is 0. The molecule has 1 N–H and O–H groups in total. The minimum Gasteiger partial charge on any atom is -0.384 e. The van der Waals surface area contributed by atoms with Crippen LogP contribution in [0.15, 0.2) is 6.20 Å². The van der Waals surface area contributed by atoms with Crippen LogP contribution in [0.1, 0.15) is 37.0 Å². The summed E-state index contributed by atoms with van der Waals surface area (Å²) in [6.45, 7) is 0. The molecule has 0 bridgehead atoms. The molecule has 4 heteroatoms. The van der Waals surface area contributed by atoms with E-state index in [1.807, 2.05) is 0 Å². The van der Waals surface area contributed by atoms with Gasteiger partial charge in [-0.1, -0.05) is 30.9 Å². The highest BCUT2D eigenvalue weighted by Gasteiger charge is 2.32. The summed E-state index contributed by atoms with van der Waals surface area (Å²) in [5, 5.41) is 10.3. The van der Waals surface area contributed by atoms with Crippen molar-refractivity contribution in [1.82, 2.24) is 4.98 Å². The summed E-state index contributed by atoms with van der Waals surface area (Å²) in [6, 6.07) is 0. The number of halogens is 1. The summed E-state index contributed by atoms with van der Waals surface area (Å²) in [5.74, 6) is 0. The summed E-state index contributed by atoms with van der Waals surface area (Å²) in [4.78, 5) is 4.89. The molecule has 72 valence electrons. The van der Waals surface area contributed by atoms with Crippen LogP contribution in [0.2, 0.25) is 4.47 Å². The SMILES string of the molecule is OC1(c2cnc(Cl)s2)CCCCC1. The van der Waals surface area contributed by atoms with E-state index in [1.165, 1.54) is 17.8 Å². The smallest absolute Gasteiger partial charge is 0.183 e. The average molecular weight is 218 g/mol. The van der Waals surface area contributed by atoms with E-state index in [4.69, 9.17) is 11.6 Å². The van der Waals surface area contributed by atoms with E-state index in [9.17, 15) is 5.11 Å². The summed E-state index contributed by atoms with van der Waals surface area (Å²) < 4.78 is 0.522. The second-order valence-corrected chi connectivity index (χ2v) is 5.18. The molecular formula is C9H12ClNOS. The van der Waals surface area contributed by atoms with E-state index in [0.29, 0.717) is 4.47 Å². The number of nitrogens with zero attached hydrogens (tertiary/aromatic N) is 1. The normalized spacial score (nSPS) is 21.7. The Labute approximate surface area is 86.6 Å². The number of thiazole rings is 1. The quantitative estimate of drug-likeness (QED) is 0.785. The highest BCUT2D eigenvalue weighted by Crippen LogP contribution is 2.40. The lowest BCUT2D eigenvalue weighted by molar-refractivity contribution is 0.00265. The van der Waals surface area contributed by atoms with E-state index in [0.717, 1.165) is 30.6 Å². The predicted molar refractivity (Wildman–Crippen MR) is 54.1 cm³/mol. The Balaban J connectivity index is 2.22. The highest BCUT2D eigenvalue weighted by molar-refractivity contribution is 7.15. The first-order chi connectivity index (χ1) is 6.21. The number of rotatable bonds is 1. The number of hydrogen-bond acceptors (Lipinski definition) is 3. The molecule has 1 aliphatic carbocycles. The molecule has 0 spiro atoms. The fourth-order valence-electron chi connectivity index (χ4n) is 1.85. The molecule has 0 saturated heterocycles. The third-order valence-electron chi connectivity index (χ3n) is 2.62. The minimum atomic E-state index is -0.636. The van der Waals surface area contributed by atoms with E-state index >= 15 is 0 Å². The van der Waals surface area contributed by atoms with Crippen molar-refractivity contribution in [2.45, 2.75) is 37.7 Å². The molecule has 1 fully saturated rings. The Hall–Kier alpha value is -0.120. The van der Waals surface area contributed by atoms with Crippen LogP contribution in [-0.2, 0) is 5.60 Å². The molecular weight excluding hydrogens is 206 g/mol. The van der Waals surface area contributed by atoms with Gasteiger partial charge in [0.15, 0.2) is 4.47 Å². The fraction of sp³-hybridized carbons (Fsp3) is 0.667. The van der Waals surface area contributed by atoms with Crippen molar-refractivity contribution in [3.8, 4) is 0 Å². The fourth-order valence-corrected chi connectivity index (χ4v) is 2.94. The second kappa shape index (κ2) is 3.56. The molecule has 2 nitrogen and oxygen atoms in total. The molecule has 13 heavy (non-hydrogen) atoms. The first kappa shape index (κ1) is 9.44. The van der Waals surface area contributed by atoms with Crippen LogP contribution >= 0.6 is 22.9 Å². The molecule has 2 rings (SSSR count). The molecule has 0 atom stereocenters. The van der Waals surface area contributed by atoms with Gasteiger partial charge < -0.3 is 5.11 Å². The van der Waals surface area contributed by atoms with E-state index < -0.39 is 5.60 Å². The van der Waals surface area contributed by atoms with Crippen molar-refractivity contribution < 1.29 is 5.11 Å². The van der Waals surface area contributed by atoms with Gasteiger partial charge in [0.05, 0.1) is 4.88 Å². The lowest BCUT2D eigenvalue weighted by Gasteiger charge is -2.30. The van der Waals surface area contributed by atoms with Crippen molar-refractivity contribution in [2.24, 2.45) is 0 Å². The van der Waals surface area contributed by atoms with Gasteiger partial charge in [-0.2, -0.15) is 0 Å². The number of hydrogen-bond donors (Lipinski definition) is 1. The van der Waals surface area contributed by atoms with Crippen LogP contribution in [0.25, 0.3) is 0 Å². The zero-order chi connectivity index (χ0) is 9.31. The first-order valence-corrected chi connectivity index (χ1v) is 5.74. The maximum absolute atomic E-state index is 10.3. The molecule has 1 aromatic rings. The molecule has 0 amide bonds. The molecule has 1 aliphatic rings. The molecule has 0 aromatic carbocycles. The lowest BCUT2D eigenvalue weighted by atomic mass is 9.84. The Kier molecular flexibility index (Phi) is 2.58. The van der Waals surface area contributed by atoms with Crippen LogP contribution in [0.4, 0.5) is 0 Å². The molecule has 1 aromatic heterocycles. The highest BCUT2D eigenvalue weighted by atomic mass is 35.5. The second-order valence-electron chi connectivity index (χ2n) is 3.57. The average Bonchev–Trinajstić information content (AvgIpc) is 2.54. The van der Waals surface area contributed by atoms with Gasteiger partial charge in [-0.05, 0) is 12.8 Å². The Morgan fingerprint density at radius 3 is 2.62 bits per heavy atom. The Bertz CT molecular complexity index is 294. The zero-order valence-electron chi connectivity index (χ0n) is 7.29. The van der Waals surface area contributed by atoms with Crippen LogP contribution in [0.5, 0.6) is 0 Å². The largest absolute Gasteiger partial charge is 0.384 e. The van der Waals surface area contributed by atoms with Gasteiger partial charge in [0, 0.05) is 6.20 Å². The van der Waals surface area contributed by atoms with Crippen molar-refractivity contribution >= 4 is 22.9 Å². The van der Waals surface area contributed by atoms with Crippen LogP contribution in [-0.4, -0.2) is 10.1 Å². The van der Waals surface area contributed by atoms with Gasteiger partial charge in [-0.3, -0.25) is 0 Å². The maximum atomic E-state index is 10.3. The summed E-state index contributed by atoms with van der Waals surface area (Å²) in [5.41, 5.74) is -0.636. The lowest BCUT2D eigenvalue weighted by Crippen LogP contribution is -2.27. The van der Waals surface area contributed by atoms with Crippen LogP contribution in [0.3, 0.4) is 0 Å². The zero-order valence-corrected chi connectivity index (χ0v) is 8.87. The Morgan fingerprint density at radius 2 is 2.08 bits per heavy atom. The number of aliphatic hydroxyl groups is 1. The molecule has 0 aliphatic heterocycles. The topological polar surface area (TPSA) is 33.1 Å². The van der Waals surface area contributed by atoms with Gasteiger partial charge in [0.25, 0.3) is 0 Å². The van der Waals surface area contributed by atoms with Crippen LogP contribution < -0.4 is 0 Å². The molecule has 0 unspecified atom stereocenters. The minimum absolute atomic E-state index is 0.522. The van der Waals surface area contributed by atoms with E-state index in [2.05, 4.69) is 4.98 Å². The Morgan fingerprint density at radius 1 is 1.38 bits per heavy atom. The van der Waals surface area contributed by atoms with Gasteiger partial charge in [0.1, 0.15) is 5.60 Å². The standard InChI is InChI=1S/C9H12ClNOS/c10-8-11-6-7(13-8)9(12)4-2-1-3-5-9/h6,12H,1-5H2. The molecule has 0 radical (unpaired) electrons. The van der Waals surface area contributed by atoms with E-state index in [-0.39, 0.29) is 0 Å². The van der Waals surface area contributed by atoms with Gasteiger partial charge >= 0.3 is 0 Å². The van der Waals surface area contributed by atoms with Gasteiger partial charge in [-0.25, -0.2) is 4.98 Å². The third-order valence-corrected chi connectivity index (χ3v) is 3.93. The summed E-state index contributed by atoms with van der Waals surface area (Å²) in [6.07, 6.45) is 6.85. The maximum Gasteiger partial charge on any atom is 0.183 e. The van der Waals surface area contributed by atoms with Crippen molar-refractivity contribution in [2.75, 3.05) is 0 Å². The monoisotopic (exact) mass is 217 g/mol. The molecule has 1 heterocycles. The van der Waals surface area contributed by atoms with Crippen molar-refractivity contribution in [1.29, 1.82) is 0 Å². The first-order valence-electron chi connectivity index (χ1n) is 4.55. The van der Waals surface area contributed by atoms with E-state index in [1.54, 1.807) is 6.20 Å². The molecule has 1 saturated carbocycles. The predicted octanol–water partition coefficient (Wildman–Crippen LogP) is 2.95. The van der Waals surface area contributed by atoms with Crippen molar-refractivity contribution in [3.05, 3.63) is 15.5 Å². The van der Waals surface area contributed by atoms with Crippen molar-refractivity contribution in [3.63, 3.8) is 0 Å². The van der Waals surface area contributed by atoms with Gasteiger partial charge in [0.2, 0.25) is 0 Å². The number of aromatic nitrogens is 1. The van der Waals surface area contributed by atoms with Gasteiger partial charge in [-0.15, -0.1) is 11.3 Å². The third kappa shape index (κ3) is 1.87.